The van der Waals surface area contributed by atoms with Crippen LogP contribution in [0, 0.1) is 0 Å². The van der Waals surface area contributed by atoms with E-state index < -0.39 is 0 Å². The number of hydrogen-bond donors (Lipinski definition) is 2. The third-order valence-corrected chi connectivity index (χ3v) is 4.20. The fraction of sp³-hybridized carbons (Fsp3) is 0.375. The summed E-state index contributed by atoms with van der Waals surface area (Å²) in [5.74, 6) is 0.761. The van der Waals surface area contributed by atoms with Crippen LogP contribution >= 0.6 is 23.2 Å². The van der Waals surface area contributed by atoms with Crippen molar-refractivity contribution in [3.8, 4) is 0 Å². The summed E-state index contributed by atoms with van der Waals surface area (Å²) in [6.07, 6.45) is 2.64. The van der Waals surface area contributed by atoms with E-state index >= 15 is 0 Å². The number of halogens is 2. The highest BCUT2D eigenvalue weighted by molar-refractivity contribution is 6.41. The average Bonchev–Trinajstić information content (AvgIpc) is 2.81. The number of nitrogens with one attached hydrogen (secondary N) is 2. The first-order valence-corrected chi connectivity index (χ1v) is 8.29. The first-order chi connectivity index (χ1) is 11.1. The van der Waals surface area contributed by atoms with Crippen molar-refractivity contribution in [1.29, 1.82) is 0 Å². The third kappa shape index (κ3) is 5.15. The van der Waals surface area contributed by atoms with Gasteiger partial charge in [-0.05, 0) is 25.1 Å². The SMILES string of the molecule is CCNC(=NCc1cc(Cl)c(Cl)n1C)NCCc1ccccn1. The van der Waals surface area contributed by atoms with Crippen molar-refractivity contribution in [2.24, 2.45) is 12.0 Å². The second-order valence-electron chi connectivity index (χ2n) is 5.03. The van der Waals surface area contributed by atoms with Gasteiger partial charge in [-0.25, -0.2) is 4.99 Å². The predicted octanol–water partition coefficient (Wildman–Crippen LogP) is 3.02. The molecule has 0 aromatic carbocycles. The lowest BCUT2D eigenvalue weighted by Gasteiger charge is -2.11. The maximum Gasteiger partial charge on any atom is 0.191 e. The maximum absolute atomic E-state index is 6.07. The van der Waals surface area contributed by atoms with Gasteiger partial charge in [0.1, 0.15) is 5.15 Å². The monoisotopic (exact) mass is 353 g/mol. The largest absolute Gasteiger partial charge is 0.357 e. The van der Waals surface area contributed by atoms with Crippen molar-refractivity contribution < 1.29 is 0 Å². The van der Waals surface area contributed by atoms with Crippen molar-refractivity contribution in [3.05, 3.63) is 52.0 Å². The molecule has 0 spiro atoms. The molecule has 0 aliphatic rings. The first kappa shape index (κ1) is 17.6. The molecule has 0 atom stereocenters. The lowest BCUT2D eigenvalue weighted by atomic mass is 10.3. The second-order valence-corrected chi connectivity index (χ2v) is 5.79. The molecule has 5 nitrogen and oxygen atoms in total. The van der Waals surface area contributed by atoms with E-state index in [1.54, 1.807) is 6.20 Å². The van der Waals surface area contributed by atoms with E-state index in [0.717, 1.165) is 36.9 Å². The molecule has 124 valence electrons. The van der Waals surface area contributed by atoms with Crippen molar-refractivity contribution in [2.75, 3.05) is 13.1 Å². The molecule has 0 aliphatic carbocycles. The van der Waals surface area contributed by atoms with Gasteiger partial charge in [-0.2, -0.15) is 0 Å². The molecule has 0 bridgehead atoms. The zero-order valence-electron chi connectivity index (χ0n) is 13.3. The standard InChI is InChI=1S/C16H21Cl2N5/c1-3-19-16(21-9-7-12-6-4-5-8-20-12)22-11-13-10-14(17)15(18)23(13)2/h4-6,8,10H,3,7,9,11H2,1-2H3,(H2,19,21,22). The molecule has 2 aromatic heterocycles. The fourth-order valence-corrected chi connectivity index (χ4v) is 2.51. The number of rotatable bonds is 6. The minimum Gasteiger partial charge on any atom is -0.357 e. The molecule has 0 unspecified atom stereocenters. The number of guanidine groups is 1. The van der Waals surface area contributed by atoms with Crippen LogP contribution in [0.25, 0.3) is 0 Å². The number of hydrogen-bond acceptors (Lipinski definition) is 2. The average molecular weight is 354 g/mol. The molecule has 2 heterocycles. The lowest BCUT2D eigenvalue weighted by Crippen LogP contribution is -2.38. The van der Waals surface area contributed by atoms with Gasteiger partial charge in [-0.15, -0.1) is 0 Å². The molecular weight excluding hydrogens is 333 g/mol. The van der Waals surface area contributed by atoms with Crippen LogP contribution < -0.4 is 10.6 Å². The summed E-state index contributed by atoms with van der Waals surface area (Å²) in [5, 5.41) is 7.61. The zero-order valence-corrected chi connectivity index (χ0v) is 14.8. The molecule has 0 aliphatic heterocycles. The summed E-state index contributed by atoms with van der Waals surface area (Å²) in [6, 6.07) is 7.76. The lowest BCUT2D eigenvalue weighted by molar-refractivity contribution is 0.773. The van der Waals surface area contributed by atoms with Gasteiger partial charge in [0.2, 0.25) is 0 Å². The normalized spacial score (nSPS) is 11.6. The van der Waals surface area contributed by atoms with E-state index in [0.29, 0.717) is 16.7 Å². The summed E-state index contributed by atoms with van der Waals surface area (Å²) in [6.45, 7) is 4.09. The van der Waals surface area contributed by atoms with E-state index in [9.17, 15) is 0 Å². The van der Waals surface area contributed by atoms with Gasteiger partial charge in [-0.3, -0.25) is 4.98 Å². The molecule has 2 N–H and O–H groups in total. The molecular formula is C16H21Cl2N5. The van der Waals surface area contributed by atoms with Crippen LogP contribution in [-0.2, 0) is 20.0 Å². The molecule has 2 rings (SSSR count). The summed E-state index contributed by atoms with van der Waals surface area (Å²) in [7, 11) is 1.88. The van der Waals surface area contributed by atoms with Crippen LogP contribution in [0.2, 0.25) is 10.2 Å². The number of nitrogens with zero attached hydrogens (tertiary/aromatic N) is 3. The van der Waals surface area contributed by atoms with E-state index in [2.05, 4.69) is 20.6 Å². The van der Waals surface area contributed by atoms with Crippen LogP contribution in [0.1, 0.15) is 18.3 Å². The molecule has 0 amide bonds. The van der Waals surface area contributed by atoms with Gasteiger partial charge in [-0.1, -0.05) is 29.3 Å². The Morgan fingerprint density at radius 3 is 2.74 bits per heavy atom. The molecule has 23 heavy (non-hydrogen) atoms. The Labute approximate surface area is 146 Å². The molecule has 7 heteroatoms. The minimum atomic E-state index is 0.502. The Hall–Kier alpha value is -1.72. The Kier molecular flexibility index (Phi) is 6.74. The van der Waals surface area contributed by atoms with Crippen molar-refractivity contribution in [2.45, 2.75) is 19.9 Å². The Morgan fingerprint density at radius 1 is 1.30 bits per heavy atom. The smallest absolute Gasteiger partial charge is 0.191 e. The Morgan fingerprint density at radius 2 is 2.13 bits per heavy atom. The fourth-order valence-electron chi connectivity index (χ4n) is 2.10. The van der Waals surface area contributed by atoms with E-state index in [-0.39, 0.29) is 0 Å². The molecule has 0 saturated carbocycles. The number of aliphatic imine (C=N–C) groups is 1. The molecule has 2 aromatic rings. The molecule has 0 radical (unpaired) electrons. The van der Waals surface area contributed by atoms with Gasteiger partial charge in [0.25, 0.3) is 0 Å². The Bertz CT molecular complexity index is 652. The summed E-state index contributed by atoms with van der Waals surface area (Å²) in [5.41, 5.74) is 2.01. The third-order valence-electron chi connectivity index (χ3n) is 3.36. The number of aromatic nitrogens is 2. The maximum atomic E-state index is 6.07. The second kappa shape index (κ2) is 8.79. The van der Waals surface area contributed by atoms with Crippen molar-refractivity contribution in [3.63, 3.8) is 0 Å². The van der Waals surface area contributed by atoms with Crippen LogP contribution in [0.4, 0.5) is 0 Å². The quantitative estimate of drug-likeness (QED) is 0.619. The van der Waals surface area contributed by atoms with Crippen LogP contribution in [-0.4, -0.2) is 28.6 Å². The topological polar surface area (TPSA) is 54.2 Å². The first-order valence-electron chi connectivity index (χ1n) is 7.53. The minimum absolute atomic E-state index is 0.502. The zero-order chi connectivity index (χ0) is 16.7. The van der Waals surface area contributed by atoms with Gasteiger partial charge < -0.3 is 15.2 Å². The predicted molar refractivity (Wildman–Crippen MR) is 96.2 cm³/mol. The van der Waals surface area contributed by atoms with Crippen molar-refractivity contribution in [1.82, 2.24) is 20.2 Å². The van der Waals surface area contributed by atoms with Gasteiger partial charge in [0, 0.05) is 44.1 Å². The molecule has 0 saturated heterocycles. The summed E-state index contributed by atoms with van der Waals surface area (Å²) < 4.78 is 1.84. The summed E-state index contributed by atoms with van der Waals surface area (Å²) in [4.78, 5) is 8.87. The van der Waals surface area contributed by atoms with E-state index in [1.165, 1.54) is 0 Å². The highest BCUT2D eigenvalue weighted by Gasteiger charge is 2.08. The number of pyridine rings is 1. The van der Waals surface area contributed by atoms with Crippen LogP contribution in [0.3, 0.4) is 0 Å². The van der Waals surface area contributed by atoms with Crippen molar-refractivity contribution >= 4 is 29.2 Å². The van der Waals surface area contributed by atoms with Gasteiger partial charge >= 0.3 is 0 Å². The van der Waals surface area contributed by atoms with Gasteiger partial charge in [0.05, 0.1) is 11.6 Å². The van der Waals surface area contributed by atoms with E-state index in [1.807, 2.05) is 42.8 Å². The van der Waals surface area contributed by atoms with Crippen LogP contribution in [0.5, 0.6) is 0 Å². The van der Waals surface area contributed by atoms with Crippen LogP contribution in [0.15, 0.2) is 35.5 Å². The highest BCUT2D eigenvalue weighted by Crippen LogP contribution is 2.25. The Balaban J connectivity index is 1.93. The van der Waals surface area contributed by atoms with E-state index in [4.69, 9.17) is 23.2 Å². The van der Waals surface area contributed by atoms with Gasteiger partial charge in [0.15, 0.2) is 5.96 Å². The highest BCUT2D eigenvalue weighted by atomic mass is 35.5. The molecule has 0 fully saturated rings. The summed E-state index contributed by atoms with van der Waals surface area (Å²) >= 11 is 12.1.